The summed E-state index contributed by atoms with van der Waals surface area (Å²) in [6.07, 6.45) is 5.97. The van der Waals surface area contributed by atoms with Gasteiger partial charge in [0.1, 0.15) is 11.4 Å². The van der Waals surface area contributed by atoms with Gasteiger partial charge < -0.3 is 20.5 Å². The van der Waals surface area contributed by atoms with Gasteiger partial charge in [0.15, 0.2) is 0 Å². The number of nitrogens with one attached hydrogen (secondary N) is 2. The number of hydrogen-bond acceptors (Lipinski definition) is 5. The predicted octanol–water partition coefficient (Wildman–Crippen LogP) is 5.20. The number of carbonyl (C=O) groups is 1. The molecule has 1 aromatic heterocycles. The molecule has 1 fully saturated rings. The smallest absolute Gasteiger partial charge is 0.317 e. The van der Waals surface area contributed by atoms with Crippen molar-refractivity contribution in [2.45, 2.75) is 37.6 Å². The Kier molecular flexibility index (Phi) is 7.02. The van der Waals surface area contributed by atoms with E-state index >= 15 is 0 Å². The quantitative estimate of drug-likeness (QED) is 0.455. The molecule has 4 rings (SSSR count). The lowest BCUT2D eigenvalue weighted by molar-refractivity contribution is -0.136. The lowest BCUT2D eigenvalue weighted by Crippen LogP contribution is -2.36. The Morgan fingerprint density at radius 1 is 1.03 bits per heavy atom. The minimum Gasteiger partial charge on any atom is -0.494 e. The predicted molar refractivity (Wildman–Crippen MR) is 127 cm³/mol. The maximum atomic E-state index is 10.7. The molecular formula is C26H29N3O3. The van der Waals surface area contributed by atoms with Gasteiger partial charge in [-0.1, -0.05) is 42.5 Å². The summed E-state index contributed by atoms with van der Waals surface area (Å²) < 4.78 is 5.63. The molecule has 6 nitrogen and oxygen atoms in total. The molecule has 1 aliphatic rings. The van der Waals surface area contributed by atoms with Crippen molar-refractivity contribution in [1.29, 1.82) is 0 Å². The summed E-state index contributed by atoms with van der Waals surface area (Å²) in [6.45, 7) is 0.0402. The van der Waals surface area contributed by atoms with Crippen LogP contribution in [0.25, 0.3) is 11.3 Å². The summed E-state index contributed by atoms with van der Waals surface area (Å²) in [4.78, 5) is 15.4. The van der Waals surface area contributed by atoms with Crippen LogP contribution in [0.1, 0.15) is 37.2 Å². The number of carboxylic acid groups (broad SMARTS) is 1. The molecule has 0 radical (unpaired) electrons. The van der Waals surface area contributed by atoms with E-state index in [0.29, 0.717) is 12.0 Å². The second kappa shape index (κ2) is 10.3. The third-order valence-electron chi connectivity index (χ3n) is 6.06. The standard InChI is InChI=1S/C26H29N3O3/c1-32-24-15-23(29-22-5-3-2-4-6-22)16-28-26(24)20-9-7-18(8-10-20)19-11-13-21(14-12-19)27-17-25(30)31/h2-10,15-16,19,21,27,29H,11-14,17H2,1H3,(H,30,31). The van der Waals surface area contributed by atoms with Gasteiger partial charge >= 0.3 is 5.97 Å². The van der Waals surface area contributed by atoms with Gasteiger partial charge in [-0.05, 0) is 49.3 Å². The largest absolute Gasteiger partial charge is 0.494 e. The molecule has 0 atom stereocenters. The highest BCUT2D eigenvalue weighted by Gasteiger charge is 2.22. The molecule has 166 valence electrons. The maximum absolute atomic E-state index is 10.7. The first-order valence-electron chi connectivity index (χ1n) is 11.0. The van der Waals surface area contributed by atoms with Crippen LogP contribution in [0.3, 0.4) is 0 Å². The van der Waals surface area contributed by atoms with E-state index in [0.717, 1.165) is 54.1 Å². The van der Waals surface area contributed by atoms with Crippen molar-refractivity contribution in [1.82, 2.24) is 10.3 Å². The molecule has 0 unspecified atom stereocenters. The summed E-state index contributed by atoms with van der Waals surface area (Å²) in [5.41, 5.74) is 5.04. The Hall–Kier alpha value is -3.38. The Morgan fingerprint density at radius 3 is 2.41 bits per heavy atom. The highest BCUT2D eigenvalue weighted by molar-refractivity contribution is 5.71. The number of ether oxygens (including phenoxy) is 1. The molecular weight excluding hydrogens is 402 g/mol. The molecule has 1 aliphatic carbocycles. The van der Waals surface area contributed by atoms with Crippen LogP contribution in [-0.2, 0) is 4.79 Å². The van der Waals surface area contributed by atoms with Gasteiger partial charge in [-0.2, -0.15) is 0 Å². The number of para-hydroxylation sites is 1. The molecule has 1 heterocycles. The minimum absolute atomic E-state index is 0.0402. The van der Waals surface area contributed by atoms with Crippen LogP contribution in [0.2, 0.25) is 0 Å². The van der Waals surface area contributed by atoms with E-state index in [1.165, 1.54) is 5.56 Å². The van der Waals surface area contributed by atoms with Crippen LogP contribution < -0.4 is 15.4 Å². The number of hydrogen-bond donors (Lipinski definition) is 3. The molecule has 0 amide bonds. The van der Waals surface area contributed by atoms with Crippen molar-refractivity contribution in [2.75, 3.05) is 19.0 Å². The topological polar surface area (TPSA) is 83.5 Å². The summed E-state index contributed by atoms with van der Waals surface area (Å²) in [7, 11) is 1.66. The molecule has 0 aliphatic heterocycles. The SMILES string of the molecule is COc1cc(Nc2ccccc2)cnc1-c1ccc(C2CCC(NCC(=O)O)CC2)cc1. The number of anilines is 2. The van der Waals surface area contributed by atoms with E-state index in [9.17, 15) is 4.79 Å². The highest BCUT2D eigenvalue weighted by Crippen LogP contribution is 2.35. The van der Waals surface area contributed by atoms with Gasteiger partial charge in [0.05, 0.1) is 25.5 Å². The average Bonchev–Trinajstić information content (AvgIpc) is 2.84. The van der Waals surface area contributed by atoms with Gasteiger partial charge in [0, 0.05) is 23.4 Å². The van der Waals surface area contributed by atoms with Gasteiger partial charge in [-0.3, -0.25) is 9.78 Å². The zero-order valence-corrected chi connectivity index (χ0v) is 18.3. The average molecular weight is 432 g/mol. The first kappa shape index (κ1) is 21.8. The zero-order chi connectivity index (χ0) is 22.3. The summed E-state index contributed by atoms with van der Waals surface area (Å²) in [6, 6.07) is 20.8. The molecule has 6 heteroatoms. The third-order valence-corrected chi connectivity index (χ3v) is 6.06. The van der Waals surface area contributed by atoms with Crippen molar-refractivity contribution in [2.24, 2.45) is 0 Å². The number of aromatic nitrogens is 1. The van der Waals surface area contributed by atoms with Gasteiger partial charge in [-0.25, -0.2) is 0 Å². The molecule has 2 aromatic carbocycles. The number of nitrogens with zero attached hydrogens (tertiary/aromatic N) is 1. The van der Waals surface area contributed by atoms with Crippen LogP contribution in [0.15, 0.2) is 66.9 Å². The van der Waals surface area contributed by atoms with E-state index in [4.69, 9.17) is 9.84 Å². The molecule has 0 spiro atoms. The fourth-order valence-corrected chi connectivity index (χ4v) is 4.35. The van der Waals surface area contributed by atoms with Crippen LogP contribution in [0.5, 0.6) is 5.75 Å². The minimum atomic E-state index is -0.796. The summed E-state index contributed by atoms with van der Waals surface area (Å²) >= 11 is 0. The van der Waals surface area contributed by atoms with Gasteiger partial charge in [0.2, 0.25) is 0 Å². The van der Waals surface area contributed by atoms with Gasteiger partial charge in [0.25, 0.3) is 0 Å². The number of methoxy groups -OCH3 is 1. The number of rotatable bonds is 8. The fourth-order valence-electron chi connectivity index (χ4n) is 4.35. The molecule has 3 N–H and O–H groups in total. The molecule has 3 aromatic rings. The normalized spacial score (nSPS) is 18.2. The van der Waals surface area contributed by atoms with Crippen LogP contribution in [0.4, 0.5) is 11.4 Å². The van der Waals surface area contributed by atoms with E-state index in [1.807, 2.05) is 42.6 Å². The van der Waals surface area contributed by atoms with Crippen molar-refractivity contribution in [3.63, 3.8) is 0 Å². The lowest BCUT2D eigenvalue weighted by atomic mass is 9.81. The number of carboxylic acids is 1. The number of pyridine rings is 1. The highest BCUT2D eigenvalue weighted by atomic mass is 16.5. The maximum Gasteiger partial charge on any atom is 0.317 e. The molecule has 0 bridgehead atoms. The first-order valence-corrected chi connectivity index (χ1v) is 11.0. The monoisotopic (exact) mass is 431 g/mol. The lowest BCUT2D eigenvalue weighted by Gasteiger charge is -2.29. The molecule has 0 saturated heterocycles. The second-order valence-electron chi connectivity index (χ2n) is 8.21. The number of aliphatic carboxylic acids is 1. The van der Waals surface area contributed by atoms with Crippen molar-refractivity contribution >= 4 is 17.3 Å². The van der Waals surface area contributed by atoms with Crippen molar-refractivity contribution in [3.05, 3.63) is 72.4 Å². The van der Waals surface area contributed by atoms with E-state index in [1.54, 1.807) is 7.11 Å². The third kappa shape index (κ3) is 5.45. The number of benzene rings is 2. The Bertz CT molecular complexity index is 1030. The molecule has 1 saturated carbocycles. The van der Waals surface area contributed by atoms with E-state index in [-0.39, 0.29) is 6.54 Å². The second-order valence-corrected chi connectivity index (χ2v) is 8.21. The molecule has 32 heavy (non-hydrogen) atoms. The van der Waals surface area contributed by atoms with Gasteiger partial charge in [-0.15, -0.1) is 0 Å². The van der Waals surface area contributed by atoms with Crippen molar-refractivity contribution in [3.8, 4) is 17.0 Å². The Labute approximate surface area is 188 Å². The Balaban J connectivity index is 1.42. The fraction of sp³-hybridized carbons (Fsp3) is 0.308. The van der Waals surface area contributed by atoms with Crippen LogP contribution in [0, 0.1) is 0 Å². The van der Waals surface area contributed by atoms with Crippen LogP contribution >= 0.6 is 0 Å². The summed E-state index contributed by atoms with van der Waals surface area (Å²) in [5.74, 6) is 0.443. The van der Waals surface area contributed by atoms with E-state index in [2.05, 4.69) is 39.9 Å². The van der Waals surface area contributed by atoms with Crippen LogP contribution in [-0.4, -0.2) is 35.8 Å². The summed E-state index contributed by atoms with van der Waals surface area (Å²) in [5, 5.41) is 15.3. The Morgan fingerprint density at radius 2 is 1.75 bits per heavy atom. The zero-order valence-electron chi connectivity index (χ0n) is 18.3. The van der Waals surface area contributed by atoms with E-state index < -0.39 is 5.97 Å². The van der Waals surface area contributed by atoms with Crippen molar-refractivity contribution < 1.29 is 14.6 Å². The first-order chi connectivity index (χ1) is 15.6.